The molecule has 0 bridgehead atoms. The number of aryl methyl sites for hydroxylation is 1. The number of rotatable bonds is 7. The van der Waals surface area contributed by atoms with Crippen molar-refractivity contribution in [3.63, 3.8) is 0 Å². The Morgan fingerprint density at radius 3 is 2.68 bits per heavy atom. The first-order chi connectivity index (χ1) is 13.4. The van der Waals surface area contributed by atoms with E-state index in [-0.39, 0.29) is 29.8 Å². The molecule has 8 nitrogen and oxygen atoms in total. The molecule has 0 unspecified atom stereocenters. The van der Waals surface area contributed by atoms with Crippen molar-refractivity contribution < 1.29 is 18.9 Å². The Morgan fingerprint density at radius 1 is 1.25 bits per heavy atom. The van der Waals surface area contributed by atoms with Gasteiger partial charge < -0.3 is 9.15 Å². The zero-order valence-corrected chi connectivity index (χ0v) is 17.0. The van der Waals surface area contributed by atoms with Gasteiger partial charge in [0.05, 0.1) is 10.7 Å². The molecule has 3 aromatic rings. The lowest BCUT2D eigenvalue weighted by Gasteiger charge is -2.06. The molecule has 144 valence electrons. The minimum absolute atomic E-state index is 0.0315. The van der Waals surface area contributed by atoms with Crippen molar-refractivity contribution in [3.05, 3.63) is 68.5 Å². The van der Waals surface area contributed by atoms with Gasteiger partial charge in [-0.05, 0) is 42.8 Å². The highest BCUT2D eigenvalue weighted by atomic mass is 79.9. The predicted molar refractivity (Wildman–Crippen MR) is 106 cm³/mol. The molecule has 0 fully saturated rings. The minimum atomic E-state index is -0.490. The van der Waals surface area contributed by atoms with E-state index >= 15 is 0 Å². The Balaban J connectivity index is 1.52. The predicted octanol–water partition coefficient (Wildman–Crippen LogP) is 4.55. The van der Waals surface area contributed by atoms with E-state index in [4.69, 9.17) is 9.15 Å². The van der Waals surface area contributed by atoms with Gasteiger partial charge in [-0.15, -0.1) is 22.0 Å². The van der Waals surface area contributed by atoms with E-state index in [9.17, 15) is 14.9 Å². The number of carbonyl (C=O) groups excluding carboxylic acids is 1. The number of nitro groups is 1. The van der Waals surface area contributed by atoms with E-state index in [1.165, 1.54) is 36.0 Å². The summed E-state index contributed by atoms with van der Waals surface area (Å²) in [6.07, 6.45) is 0. The number of hydrogen-bond donors (Lipinski definition) is 0. The summed E-state index contributed by atoms with van der Waals surface area (Å²) in [6.45, 7) is 1.83. The maximum atomic E-state index is 11.9. The number of nitrogens with zero attached hydrogens (tertiary/aromatic N) is 3. The number of non-ortho nitro benzene ring substituents is 1. The first kappa shape index (κ1) is 20.0. The lowest BCUT2D eigenvalue weighted by molar-refractivity contribution is -0.384. The molecular weight excluding hydrogens is 450 g/mol. The fourth-order valence-electron chi connectivity index (χ4n) is 2.25. The minimum Gasteiger partial charge on any atom is -0.455 e. The van der Waals surface area contributed by atoms with Gasteiger partial charge in [-0.2, -0.15) is 0 Å². The van der Waals surface area contributed by atoms with E-state index in [2.05, 4.69) is 26.1 Å². The molecule has 0 N–H and O–H groups in total. The summed E-state index contributed by atoms with van der Waals surface area (Å²) in [7, 11) is 0. The molecule has 0 radical (unpaired) electrons. The van der Waals surface area contributed by atoms with Gasteiger partial charge in [0.25, 0.3) is 11.6 Å². The van der Waals surface area contributed by atoms with Crippen LogP contribution in [0.2, 0.25) is 0 Å². The maximum absolute atomic E-state index is 11.9. The van der Waals surface area contributed by atoms with Crippen molar-refractivity contribution in [2.24, 2.45) is 0 Å². The van der Waals surface area contributed by atoms with Crippen LogP contribution in [0.15, 0.2) is 56.2 Å². The number of benzene rings is 2. The number of hydrogen-bond acceptors (Lipinski definition) is 8. The van der Waals surface area contributed by atoms with Crippen LogP contribution in [0.4, 0.5) is 5.69 Å². The highest BCUT2D eigenvalue weighted by Crippen LogP contribution is 2.25. The third-order valence-corrected chi connectivity index (χ3v) is 5.27. The zero-order chi connectivity index (χ0) is 20.1. The van der Waals surface area contributed by atoms with Crippen LogP contribution in [0, 0.1) is 17.0 Å². The number of halogens is 1. The van der Waals surface area contributed by atoms with Crippen LogP contribution in [0.3, 0.4) is 0 Å². The molecule has 0 aliphatic rings. The number of esters is 1. The summed E-state index contributed by atoms with van der Waals surface area (Å²) >= 11 is 4.79. The van der Waals surface area contributed by atoms with Crippen molar-refractivity contribution in [1.29, 1.82) is 0 Å². The highest BCUT2D eigenvalue weighted by Gasteiger charge is 2.13. The second-order valence-electron chi connectivity index (χ2n) is 5.66. The molecule has 0 aliphatic carbocycles. The second-order valence-corrected chi connectivity index (χ2v) is 7.60. The average molecular weight is 464 g/mol. The molecule has 10 heteroatoms. The first-order valence-corrected chi connectivity index (χ1v) is 9.82. The number of ether oxygens (including phenoxy) is 1. The average Bonchev–Trinajstić information content (AvgIpc) is 3.15. The quantitative estimate of drug-likeness (QED) is 0.217. The number of thioether (sulfide) groups is 1. The van der Waals surface area contributed by atoms with Gasteiger partial charge >= 0.3 is 5.97 Å². The van der Waals surface area contributed by atoms with Crippen LogP contribution in [-0.4, -0.2) is 26.8 Å². The third kappa shape index (κ3) is 5.17. The Bertz CT molecular complexity index is 1010. The van der Waals surface area contributed by atoms with Crippen molar-refractivity contribution in [1.82, 2.24) is 10.2 Å². The molecule has 2 aromatic carbocycles. The summed E-state index contributed by atoms with van der Waals surface area (Å²) < 4.78 is 11.6. The standard InChI is InChI=1S/C18H14BrN3O5S/c1-11-8-13(19)4-7-15(11)28-10-17(23)26-9-16-20-21-18(27-16)12-2-5-14(6-3-12)22(24)25/h2-8H,9-10H2,1H3. The monoisotopic (exact) mass is 463 g/mol. The molecule has 3 rings (SSSR count). The van der Waals surface area contributed by atoms with E-state index < -0.39 is 10.9 Å². The lowest BCUT2D eigenvalue weighted by Crippen LogP contribution is -2.07. The molecule has 1 heterocycles. The number of aromatic nitrogens is 2. The fourth-order valence-corrected chi connectivity index (χ4v) is 3.53. The molecule has 0 atom stereocenters. The van der Waals surface area contributed by atoms with Gasteiger partial charge in [0.1, 0.15) is 0 Å². The van der Waals surface area contributed by atoms with Gasteiger partial charge in [-0.1, -0.05) is 15.9 Å². The van der Waals surface area contributed by atoms with Gasteiger partial charge in [0.15, 0.2) is 6.61 Å². The van der Waals surface area contributed by atoms with Crippen molar-refractivity contribution in [2.45, 2.75) is 18.4 Å². The van der Waals surface area contributed by atoms with Crippen LogP contribution in [-0.2, 0) is 16.1 Å². The molecular formula is C18H14BrN3O5S. The summed E-state index contributed by atoms with van der Waals surface area (Å²) in [4.78, 5) is 23.1. The van der Waals surface area contributed by atoms with Gasteiger partial charge in [-0.25, -0.2) is 0 Å². The molecule has 1 aromatic heterocycles. The Hall–Kier alpha value is -2.72. The first-order valence-electron chi connectivity index (χ1n) is 8.04. The largest absolute Gasteiger partial charge is 0.455 e. The molecule has 0 saturated heterocycles. The van der Waals surface area contributed by atoms with Crippen LogP contribution in [0.25, 0.3) is 11.5 Å². The van der Waals surface area contributed by atoms with Gasteiger partial charge in [0.2, 0.25) is 5.89 Å². The number of nitro benzene ring substituents is 1. The second kappa shape index (κ2) is 8.98. The lowest BCUT2D eigenvalue weighted by atomic mass is 10.2. The van der Waals surface area contributed by atoms with E-state index in [1.807, 2.05) is 25.1 Å². The van der Waals surface area contributed by atoms with Crippen LogP contribution in [0.5, 0.6) is 0 Å². The van der Waals surface area contributed by atoms with Crippen molar-refractivity contribution >= 4 is 39.3 Å². The molecule has 0 amide bonds. The maximum Gasteiger partial charge on any atom is 0.316 e. The van der Waals surface area contributed by atoms with Gasteiger partial charge in [-0.3, -0.25) is 14.9 Å². The van der Waals surface area contributed by atoms with E-state index in [0.717, 1.165) is 14.9 Å². The summed E-state index contributed by atoms with van der Waals surface area (Å²) in [6, 6.07) is 11.6. The van der Waals surface area contributed by atoms with Crippen molar-refractivity contribution in [3.8, 4) is 11.5 Å². The Labute approximate surface area is 172 Å². The van der Waals surface area contributed by atoms with Crippen molar-refractivity contribution in [2.75, 3.05) is 5.75 Å². The molecule has 0 spiro atoms. The van der Waals surface area contributed by atoms with Crippen LogP contribution < -0.4 is 0 Å². The summed E-state index contributed by atoms with van der Waals surface area (Å²) in [5, 5.41) is 18.4. The van der Waals surface area contributed by atoms with E-state index in [1.54, 1.807) is 0 Å². The molecule has 28 heavy (non-hydrogen) atoms. The third-order valence-electron chi connectivity index (χ3n) is 3.63. The fraction of sp³-hybridized carbons (Fsp3) is 0.167. The molecule has 0 aliphatic heterocycles. The normalized spacial score (nSPS) is 10.6. The van der Waals surface area contributed by atoms with Crippen LogP contribution in [0.1, 0.15) is 11.5 Å². The highest BCUT2D eigenvalue weighted by molar-refractivity contribution is 9.10. The number of carbonyl (C=O) groups is 1. The smallest absolute Gasteiger partial charge is 0.316 e. The van der Waals surface area contributed by atoms with Crippen LogP contribution >= 0.6 is 27.7 Å². The Morgan fingerprint density at radius 2 is 2.00 bits per heavy atom. The summed E-state index contributed by atoms with van der Waals surface area (Å²) in [5.74, 6) is 0.0981. The van der Waals surface area contributed by atoms with E-state index in [0.29, 0.717) is 5.56 Å². The zero-order valence-electron chi connectivity index (χ0n) is 14.6. The Kier molecular flexibility index (Phi) is 6.42. The van der Waals surface area contributed by atoms with Gasteiger partial charge in [0, 0.05) is 27.1 Å². The SMILES string of the molecule is Cc1cc(Br)ccc1SCC(=O)OCc1nnc(-c2ccc([N+](=O)[O-])cc2)o1. The topological polar surface area (TPSA) is 108 Å². The molecule has 0 saturated carbocycles. The summed E-state index contributed by atoms with van der Waals surface area (Å²) in [5.41, 5.74) is 1.57.